The van der Waals surface area contributed by atoms with E-state index < -0.39 is 5.97 Å². The minimum Gasteiger partial charge on any atom is -0.465 e. The fourth-order valence-electron chi connectivity index (χ4n) is 2.37. The van der Waals surface area contributed by atoms with Crippen LogP contribution in [0.4, 0.5) is 5.69 Å². The van der Waals surface area contributed by atoms with Crippen LogP contribution in [0.1, 0.15) is 15.9 Å². The molecule has 0 saturated heterocycles. The highest BCUT2D eigenvalue weighted by atomic mass is 16.5. The topological polar surface area (TPSA) is 73.2 Å². The van der Waals surface area contributed by atoms with Gasteiger partial charge in [-0.05, 0) is 42.0 Å². The standard InChI is InChI=1S/C19H17N3O3/c1-25-19(24)15-7-9-16(10-8-15)21-18(23)11-14-12-20-22(13-14)17-5-3-2-4-6-17/h2-10,12-13H,11H2,1H3,(H,21,23). The van der Waals surface area contributed by atoms with Crippen LogP contribution in [0.3, 0.4) is 0 Å². The van der Waals surface area contributed by atoms with Gasteiger partial charge in [0, 0.05) is 11.9 Å². The van der Waals surface area contributed by atoms with Crippen LogP contribution < -0.4 is 5.32 Å². The van der Waals surface area contributed by atoms with E-state index in [1.54, 1.807) is 35.1 Å². The third-order valence-electron chi connectivity index (χ3n) is 3.61. The van der Waals surface area contributed by atoms with E-state index in [1.165, 1.54) is 7.11 Å². The zero-order valence-electron chi connectivity index (χ0n) is 13.7. The van der Waals surface area contributed by atoms with Gasteiger partial charge in [0.05, 0.1) is 31.0 Å². The van der Waals surface area contributed by atoms with Gasteiger partial charge in [-0.3, -0.25) is 4.79 Å². The van der Waals surface area contributed by atoms with E-state index in [0.29, 0.717) is 11.3 Å². The maximum atomic E-state index is 12.2. The summed E-state index contributed by atoms with van der Waals surface area (Å²) >= 11 is 0. The highest BCUT2D eigenvalue weighted by Gasteiger charge is 2.09. The van der Waals surface area contributed by atoms with E-state index in [1.807, 2.05) is 36.5 Å². The van der Waals surface area contributed by atoms with E-state index in [2.05, 4.69) is 15.2 Å². The Balaban J connectivity index is 1.61. The number of ether oxygens (including phenoxy) is 1. The quantitative estimate of drug-likeness (QED) is 0.728. The minimum atomic E-state index is -0.411. The van der Waals surface area contributed by atoms with Crippen molar-refractivity contribution < 1.29 is 14.3 Å². The first kappa shape index (κ1) is 16.4. The number of hydrogen-bond acceptors (Lipinski definition) is 4. The Morgan fingerprint density at radius 3 is 2.48 bits per heavy atom. The normalized spacial score (nSPS) is 10.3. The number of carbonyl (C=O) groups is 2. The van der Waals surface area contributed by atoms with Crippen molar-refractivity contribution in [1.82, 2.24) is 9.78 Å². The monoisotopic (exact) mass is 335 g/mol. The average Bonchev–Trinajstić information content (AvgIpc) is 3.10. The predicted molar refractivity (Wildman–Crippen MR) is 93.7 cm³/mol. The summed E-state index contributed by atoms with van der Waals surface area (Å²) < 4.78 is 6.37. The van der Waals surface area contributed by atoms with E-state index >= 15 is 0 Å². The third-order valence-corrected chi connectivity index (χ3v) is 3.61. The highest BCUT2D eigenvalue weighted by molar-refractivity contribution is 5.93. The molecule has 0 saturated carbocycles. The smallest absolute Gasteiger partial charge is 0.337 e. The summed E-state index contributed by atoms with van der Waals surface area (Å²) in [6.45, 7) is 0. The van der Waals surface area contributed by atoms with Gasteiger partial charge in [-0.15, -0.1) is 0 Å². The number of nitrogens with one attached hydrogen (secondary N) is 1. The average molecular weight is 335 g/mol. The molecule has 0 spiro atoms. The van der Waals surface area contributed by atoms with Crippen LogP contribution in [0.25, 0.3) is 5.69 Å². The molecule has 1 N–H and O–H groups in total. The second kappa shape index (κ2) is 7.44. The predicted octanol–water partition coefficient (Wildman–Crippen LogP) is 2.84. The molecule has 3 aromatic rings. The molecule has 3 rings (SSSR count). The number of hydrogen-bond donors (Lipinski definition) is 1. The summed E-state index contributed by atoms with van der Waals surface area (Å²) in [4.78, 5) is 23.6. The second-order valence-electron chi connectivity index (χ2n) is 5.42. The lowest BCUT2D eigenvalue weighted by Crippen LogP contribution is -2.14. The Bertz CT molecular complexity index is 870. The number of rotatable bonds is 5. The molecule has 0 atom stereocenters. The molecule has 6 nitrogen and oxygen atoms in total. The number of para-hydroxylation sites is 1. The Kier molecular flexibility index (Phi) is 4.89. The van der Waals surface area contributed by atoms with Crippen molar-refractivity contribution in [2.24, 2.45) is 0 Å². The summed E-state index contributed by atoms with van der Waals surface area (Å²) in [6, 6.07) is 16.2. The maximum absolute atomic E-state index is 12.2. The van der Waals surface area contributed by atoms with E-state index in [0.717, 1.165) is 11.3 Å². The van der Waals surface area contributed by atoms with E-state index in [9.17, 15) is 9.59 Å². The Hall–Kier alpha value is -3.41. The van der Waals surface area contributed by atoms with Crippen LogP contribution in [-0.2, 0) is 16.0 Å². The van der Waals surface area contributed by atoms with E-state index in [-0.39, 0.29) is 12.3 Å². The van der Waals surface area contributed by atoms with Gasteiger partial charge in [0.25, 0.3) is 0 Å². The summed E-state index contributed by atoms with van der Waals surface area (Å²) in [5.74, 6) is -0.565. The largest absolute Gasteiger partial charge is 0.465 e. The zero-order valence-corrected chi connectivity index (χ0v) is 13.7. The molecule has 0 aliphatic carbocycles. The van der Waals surface area contributed by atoms with Crippen molar-refractivity contribution in [1.29, 1.82) is 0 Å². The minimum absolute atomic E-state index is 0.154. The summed E-state index contributed by atoms with van der Waals surface area (Å²) in [5, 5.41) is 7.07. The maximum Gasteiger partial charge on any atom is 0.337 e. The fraction of sp³-hybridized carbons (Fsp3) is 0.105. The third kappa shape index (κ3) is 4.11. The number of benzene rings is 2. The van der Waals surface area contributed by atoms with Gasteiger partial charge in [-0.1, -0.05) is 18.2 Å². The zero-order chi connectivity index (χ0) is 17.6. The Morgan fingerprint density at radius 2 is 1.80 bits per heavy atom. The molecule has 2 aromatic carbocycles. The number of esters is 1. The van der Waals surface area contributed by atoms with Crippen LogP contribution in [0.15, 0.2) is 67.0 Å². The van der Waals surface area contributed by atoms with Gasteiger partial charge in [0.15, 0.2) is 0 Å². The van der Waals surface area contributed by atoms with Crippen molar-refractivity contribution in [3.8, 4) is 5.69 Å². The molecule has 1 amide bonds. The van der Waals surface area contributed by atoms with Crippen LogP contribution in [0.5, 0.6) is 0 Å². The van der Waals surface area contributed by atoms with Crippen molar-refractivity contribution in [2.75, 3.05) is 12.4 Å². The molecule has 1 heterocycles. The van der Waals surface area contributed by atoms with Crippen molar-refractivity contribution in [3.63, 3.8) is 0 Å². The van der Waals surface area contributed by atoms with Gasteiger partial charge >= 0.3 is 5.97 Å². The molecule has 1 aromatic heterocycles. The first-order valence-corrected chi connectivity index (χ1v) is 7.73. The summed E-state index contributed by atoms with van der Waals surface area (Å²) in [5.41, 5.74) is 2.80. The van der Waals surface area contributed by atoms with Crippen LogP contribution in [0, 0.1) is 0 Å². The molecule has 25 heavy (non-hydrogen) atoms. The van der Waals surface area contributed by atoms with E-state index in [4.69, 9.17) is 0 Å². The van der Waals surface area contributed by atoms with Gasteiger partial charge in [-0.25, -0.2) is 9.48 Å². The number of anilines is 1. The summed E-state index contributed by atoms with van der Waals surface area (Å²) in [6.07, 6.45) is 3.72. The first-order valence-electron chi connectivity index (χ1n) is 7.73. The fourth-order valence-corrected chi connectivity index (χ4v) is 2.37. The Morgan fingerprint density at radius 1 is 1.08 bits per heavy atom. The molecule has 6 heteroatoms. The SMILES string of the molecule is COC(=O)c1ccc(NC(=O)Cc2cnn(-c3ccccc3)c2)cc1. The molecular formula is C19H17N3O3. The first-order chi connectivity index (χ1) is 12.2. The number of methoxy groups -OCH3 is 1. The van der Waals surface area contributed by atoms with Gasteiger partial charge in [0.1, 0.15) is 0 Å². The highest BCUT2D eigenvalue weighted by Crippen LogP contribution is 2.12. The van der Waals surface area contributed by atoms with Gasteiger partial charge < -0.3 is 10.1 Å². The Labute approximate surface area is 145 Å². The van der Waals surface area contributed by atoms with Crippen molar-refractivity contribution >= 4 is 17.6 Å². The number of carbonyl (C=O) groups excluding carboxylic acids is 2. The molecule has 0 aliphatic rings. The molecule has 0 fully saturated rings. The molecule has 0 aliphatic heterocycles. The number of aromatic nitrogens is 2. The van der Waals surface area contributed by atoms with Crippen LogP contribution >= 0.6 is 0 Å². The van der Waals surface area contributed by atoms with Crippen LogP contribution in [-0.4, -0.2) is 28.8 Å². The van der Waals surface area contributed by atoms with Gasteiger partial charge in [-0.2, -0.15) is 5.10 Å². The lowest BCUT2D eigenvalue weighted by molar-refractivity contribution is -0.115. The second-order valence-corrected chi connectivity index (χ2v) is 5.42. The van der Waals surface area contributed by atoms with Crippen molar-refractivity contribution in [3.05, 3.63) is 78.1 Å². The lowest BCUT2D eigenvalue weighted by atomic mass is 10.2. The molecular weight excluding hydrogens is 318 g/mol. The van der Waals surface area contributed by atoms with Crippen LogP contribution in [0.2, 0.25) is 0 Å². The molecule has 126 valence electrons. The summed E-state index contributed by atoms with van der Waals surface area (Å²) in [7, 11) is 1.33. The molecule has 0 unspecified atom stereocenters. The van der Waals surface area contributed by atoms with Crippen molar-refractivity contribution in [2.45, 2.75) is 6.42 Å². The number of amides is 1. The number of nitrogens with zero attached hydrogens (tertiary/aromatic N) is 2. The van der Waals surface area contributed by atoms with Gasteiger partial charge in [0.2, 0.25) is 5.91 Å². The molecule has 0 bridgehead atoms. The lowest BCUT2D eigenvalue weighted by Gasteiger charge is -2.05. The molecule has 0 radical (unpaired) electrons.